The number of aromatic hydroxyl groups is 1. The molecule has 0 bridgehead atoms. The third kappa shape index (κ3) is 3.08. The minimum absolute atomic E-state index is 0.181. The van der Waals surface area contributed by atoms with Gasteiger partial charge in [-0.25, -0.2) is 0 Å². The highest BCUT2D eigenvalue weighted by atomic mass is 16.3. The normalized spacial score (nSPS) is 14.1. The van der Waals surface area contributed by atoms with Gasteiger partial charge in [-0.2, -0.15) is 0 Å². The molecule has 2 rings (SSSR count). The lowest BCUT2D eigenvalue weighted by Crippen LogP contribution is -2.22. The summed E-state index contributed by atoms with van der Waals surface area (Å²) in [7, 11) is 0. The molecule has 0 saturated heterocycles. The van der Waals surface area contributed by atoms with Gasteiger partial charge in [-0.05, 0) is 49.2 Å². The van der Waals surface area contributed by atoms with Crippen LogP contribution in [0.2, 0.25) is 0 Å². The van der Waals surface area contributed by atoms with E-state index in [2.05, 4.69) is 24.1 Å². The van der Waals surface area contributed by atoms with Crippen molar-refractivity contribution in [1.29, 1.82) is 0 Å². The second kappa shape index (κ2) is 5.65. The summed E-state index contributed by atoms with van der Waals surface area (Å²) >= 11 is 0. The Morgan fingerprint density at radius 2 is 1.67 bits per heavy atom. The van der Waals surface area contributed by atoms with Crippen LogP contribution < -0.4 is 5.32 Å². The molecule has 2 atom stereocenters. The van der Waals surface area contributed by atoms with Crippen molar-refractivity contribution in [3.05, 3.63) is 59.9 Å². The lowest BCUT2D eigenvalue weighted by molar-refractivity contribution is 0.466. The van der Waals surface area contributed by atoms with Gasteiger partial charge in [-0.1, -0.05) is 12.1 Å². The average molecular weight is 242 g/mol. The summed E-state index contributed by atoms with van der Waals surface area (Å²) in [6, 6.07) is 11.8. The number of nitrogens with one attached hydrogen (secondary N) is 1. The predicted molar refractivity (Wildman–Crippen MR) is 72.3 cm³/mol. The molecule has 2 N–H and O–H groups in total. The van der Waals surface area contributed by atoms with Gasteiger partial charge >= 0.3 is 0 Å². The van der Waals surface area contributed by atoms with Gasteiger partial charge in [0.1, 0.15) is 5.75 Å². The van der Waals surface area contributed by atoms with E-state index in [-0.39, 0.29) is 12.1 Å². The second-order valence-electron chi connectivity index (χ2n) is 4.49. The smallest absolute Gasteiger partial charge is 0.115 e. The fourth-order valence-electron chi connectivity index (χ4n) is 2.01. The van der Waals surface area contributed by atoms with Crippen LogP contribution in [0.25, 0.3) is 0 Å². The fourth-order valence-corrected chi connectivity index (χ4v) is 2.01. The summed E-state index contributed by atoms with van der Waals surface area (Å²) in [4.78, 5) is 4.02. The Kier molecular flexibility index (Phi) is 3.95. The molecule has 0 aliphatic carbocycles. The van der Waals surface area contributed by atoms with Crippen LogP contribution >= 0.6 is 0 Å². The number of pyridine rings is 1. The van der Waals surface area contributed by atoms with Gasteiger partial charge in [0.2, 0.25) is 0 Å². The Hall–Kier alpha value is -1.87. The van der Waals surface area contributed by atoms with Crippen LogP contribution in [-0.2, 0) is 0 Å². The van der Waals surface area contributed by atoms with Crippen LogP contribution in [0.15, 0.2) is 48.8 Å². The minimum atomic E-state index is 0.181. The average Bonchev–Trinajstić information content (AvgIpc) is 2.39. The van der Waals surface area contributed by atoms with E-state index in [9.17, 15) is 5.11 Å². The van der Waals surface area contributed by atoms with Crippen molar-refractivity contribution in [2.45, 2.75) is 25.9 Å². The summed E-state index contributed by atoms with van der Waals surface area (Å²) < 4.78 is 0. The summed E-state index contributed by atoms with van der Waals surface area (Å²) in [5, 5.41) is 13.0. The van der Waals surface area contributed by atoms with Crippen molar-refractivity contribution in [3.63, 3.8) is 0 Å². The monoisotopic (exact) mass is 242 g/mol. The number of benzene rings is 1. The zero-order chi connectivity index (χ0) is 13.0. The molecule has 18 heavy (non-hydrogen) atoms. The highest BCUT2D eigenvalue weighted by Gasteiger charge is 2.11. The molecule has 3 nitrogen and oxygen atoms in total. The van der Waals surface area contributed by atoms with Crippen LogP contribution in [0.5, 0.6) is 5.75 Å². The lowest BCUT2D eigenvalue weighted by atomic mass is 10.0. The highest BCUT2D eigenvalue weighted by Crippen LogP contribution is 2.21. The standard InChI is InChI=1S/C15H18N2O/c1-11(13-6-8-16-9-7-13)17-12(2)14-4-3-5-15(18)10-14/h3-12,17-18H,1-2H3/t11-,12?/m1/s1. The molecule has 3 heteroatoms. The molecule has 0 amide bonds. The molecular weight excluding hydrogens is 224 g/mol. The maximum Gasteiger partial charge on any atom is 0.115 e. The van der Waals surface area contributed by atoms with Gasteiger partial charge in [-0.15, -0.1) is 0 Å². The number of hydrogen-bond donors (Lipinski definition) is 2. The molecule has 0 aliphatic heterocycles. The first kappa shape index (κ1) is 12.6. The maximum absolute atomic E-state index is 9.48. The molecule has 1 heterocycles. The van der Waals surface area contributed by atoms with Gasteiger partial charge < -0.3 is 10.4 Å². The third-order valence-electron chi connectivity index (χ3n) is 3.08. The zero-order valence-electron chi connectivity index (χ0n) is 10.7. The molecule has 0 radical (unpaired) electrons. The van der Waals surface area contributed by atoms with E-state index in [0.29, 0.717) is 5.75 Å². The van der Waals surface area contributed by atoms with Crippen molar-refractivity contribution in [2.75, 3.05) is 0 Å². The summed E-state index contributed by atoms with van der Waals surface area (Å²) in [5.74, 6) is 0.303. The van der Waals surface area contributed by atoms with Gasteiger partial charge in [0, 0.05) is 24.5 Å². The Balaban J connectivity index is 2.05. The Morgan fingerprint density at radius 3 is 2.33 bits per heavy atom. The SMILES string of the molecule is CC(N[C@H](C)c1ccncc1)c1cccc(O)c1. The summed E-state index contributed by atoms with van der Waals surface area (Å²) in [6.07, 6.45) is 3.60. The molecule has 0 aliphatic rings. The van der Waals surface area contributed by atoms with Crippen LogP contribution in [0, 0.1) is 0 Å². The molecule has 2 aromatic rings. The first-order chi connectivity index (χ1) is 8.66. The van der Waals surface area contributed by atoms with E-state index >= 15 is 0 Å². The molecular formula is C15H18N2O. The van der Waals surface area contributed by atoms with Gasteiger partial charge in [0.25, 0.3) is 0 Å². The van der Waals surface area contributed by atoms with E-state index in [4.69, 9.17) is 0 Å². The van der Waals surface area contributed by atoms with E-state index < -0.39 is 0 Å². The van der Waals surface area contributed by atoms with Crippen molar-refractivity contribution < 1.29 is 5.11 Å². The van der Waals surface area contributed by atoms with Gasteiger partial charge in [0.15, 0.2) is 0 Å². The third-order valence-corrected chi connectivity index (χ3v) is 3.08. The van der Waals surface area contributed by atoms with Crippen LogP contribution in [0.4, 0.5) is 0 Å². The number of aromatic nitrogens is 1. The van der Waals surface area contributed by atoms with Crippen molar-refractivity contribution in [2.24, 2.45) is 0 Å². The molecule has 0 fully saturated rings. The fraction of sp³-hybridized carbons (Fsp3) is 0.267. The zero-order valence-corrected chi connectivity index (χ0v) is 10.7. The van der Waals surface area contributed by atoms with Crippen molar-refractivity contribution in [1.82, 2.24) is 10.3 Å². The quantitative estimate of drug-likeness (QED) is 0.865. The van der Waals surface area contributed by atoms with E-state index in [1.165, 1.54) is 5.56 Å². The number of phenols is 1. The molecule has 1 unspecified atom stereocenters. The van der Waals surface area contributed by atoms with Crippen molar-refractivity contribution in [3.8, 4) is 5.75 Å². The van der Waals surface area contributed by atoms with Gasteiger partial charge in [-0.3, -0.25) is 4.98 Å². The van der Waals surface area contributed by atoms with E-state index in [1.807, 2.05) is 24.3 Å². The summed E-state index contributed by atoms with van der Waals surface area (Å²) in [5.41, 5.74) is 2.29. The number of nitrogens with zero attached hydrogens (tertiary/aromatic N) is 1. The summed E-state index contributed by atoms with van der Waals surface area (Å²) in [6.45, 7) is 4.21. The van der Waals surface area contributed by atoms with Crippen LogP contribution in [0.3, 0.4) is 0 Å². The second-order valence-corrected chi connectivity index (χ2v) is 4.49. The van der Waals surface area contributed by atoms with E-state index in [1.54, 1.807) is 24.5 Å². The first-order valence-corrected chi connectivity index (χ1v) is 6.11. The number of phenolic OH excluding ortho intramolecular Hbond substituents is 1. The Bertz CT molecular complexity index is 499. The van der Waals surface area contributed by atoms with E-state index in [0.717, 1.165) is 5.56 Å². The molecule has 0 spiro atoms. The Morgan fingerprint density at radius 1 is 1.00 bits per heavy atom. The maximum atomic E-state index is 9.48. The number of rotatable bonds is 4. The number of hydrogen-bond acceptors (Lipinski definition) is 3. The van der Waals surface area contributed by atoms with Crippen molar-refractivity contribution >= 4 is 0 Å². The molecule has 1 aromatic carbocycles. The molecule has 0 saturated carbocycles. The van der Waals surface area contributed by atoms with Crippen LogP contribution in [0.1, 0.15) is 37.1 Å². The molecule has 94 valence electrons. The largest absolute Gasteiger partial charge is 0.508 e. The molecule has 1 aromatic heterocycles. The Labute approximate surface area is 108 Å². The minimum Gasteiger partial charge on any atom is -0.508 e. The first-order valence-electron chi connectivity index (χ1n) is 6.11. The highest BCUT2D eigenvalue weighted by molar-refractivity contribution is 5.29. The van der Waals surface area contributed by atoms with Crippen LogP contribution in [-0.4, -0.2) is 10.1 Å². The predicted octanol–water partition coefficient (Wildman–Crippen LogP) is 3.20. The van der Waals surface area contributed by atoms with Gasteiger partial charge in [0.05, 0.1) is 0 Å². The topological polar surface area (TPSA) is 45.2 Å². The lowest BCUT2D eigenvalue weighted by Gasteiger charge is -2.20.